The third-order valence-electron chi connectivity index (χ3n) is 4.74. The van der Waals surface area contributed by atoms with Crippen LogP contribution in [0.3, 0.4) is 0 Å². The summed E-state index contributed by atoms with van der Waals surface area (Å²) in [5, 5.41) is 11.0. The Morgan fingerprint density at radius 2 is 2.17 bits per heavy atom. The summed E-state index contributed by atoms with van der Waals surface area (Å²) in [6, 6.07) is 0. The predicted molar refractivity (Wildman–Crippen MR) is 53.4 cm³/mol. The summed E-state index contributed by atoms with van der Waals surface area (Å²) in [7, 11) is 0. The van der Waals surface area contributed by atoms with E-state index < -0.39 is 0 Å². The number of hydrogen-bond acceptors (Lipinski definition) is 1. The van der Waals surface area contributed by atoms with Crippen LogP contribution in [-0.2, 0) is 0 Å². The minimum absolute atomic E-state index is 0.0567. The standard InChI is InChI=1S/C10H17BrO/c1-9-4-3-7(5-8(9)12)10(9,2)6-11/h7-8,12H,3-6H2,1-2H3/t7-,8+,9-,10-/m1/s1. The fourth-order valence-corrected chi connectivity index (χ4v) is 4.36. The number of hydrogen-bond donors (Lipinski definition) is 1. The lowest BCUT2D eigenvalue weighted by Gasteiger charge is -2.38. The molecule has 0 saturated heterocycles. The Bertz CT molecular complexity index is 204. The van der Waals surface area contributed by atoms with Gasteiger partial charge < -0.3 is 5.11 Å². The molecule has 12 heavy (non-hydrogen) atoms. The molecule has 2 aliphatic rings. The van der Waals surface area contributed by atoms with Gasteiger partial charge in [-0.25, -0.2) is 0 Å². The van der Waals surface area contributed by atoms with Gasteiger partial charge in [-0.3, -0.25) is 0 Å². The van der Waals surface area contributed by atoms with E-state index in [1.54, 1.807) is 0 Å². The molecule has 0 spiro atoms. The van der Waals surface area contributed by atoms with E-state index in [-0.39, 0.29) is 11.5 Å². The number of fused-ring (bicyclic) bond motifs is 2. The van der Waals surface area contributed by atoms with E-state index in [0.717, 1.165) is 17.7 Å². The molecular formula is C10H17BrO. The smallest absolute Gasteiger partial charge is 0.0602 e. The Morgan fingerprint density at radius 1 is 1.50 bits per heavy atom. The summed E-state index contributed by atoms with van der Waals surface area (Å²) < 4.78 is 0. The maximum Gasteiger partial charge on any atom is 0.0602 e. The molecule has 70 valence electrons. The minimum Gasteiger partial charge on any atom is -0.393 e. The molecule has 0 aromatic heterocycles. The van der Waals surface area contributed by atoms with Crippen LogP contribution in [0.25, 0.3) is 0 Å². The summed E-state index contributed by atoms with van der Waals surface area (Å²) >= 11 is 3.60. The molecular weight excluding hydrogens is 216 g/mol. The zero-order valence-electron chi connectivity index (χ0n) is 7.81. The maximum atomic E-state index is 9.92. The van der Waals surface area contributed by atoms with E-state index in [1.807, 2.05) is 0 Å². The highest BCUT2D eigenvalue weighted by molar-refractivity contribution is 9.09. The van der Waals surface area contributed by atoms with Crippen molar-refractivity contribution in [2.45, 2.75) is 39.2 Å². The second-order valence-electron chi connectivity index (χ2n) is 4.96. The Labute approximate surface area is 82.7 Å². The van der Waals surface area contributed by atoms with E-state index in [9.17, 15) is 5.11 Å². The lowest BCUT2D eigenvalue weighted by Crippen LogP contribution is -2.38. The number of alkyl halides is 1. The molecule has 2 bridgehead atoms. The first-order valence-corrected chi connectivity index (χ1v) is 5.91. The minimum atomic E-state index is -0.0567. The maximum absolute atomic E-state index is 9.92. The molecule has 0 aliphatic heterocycles. The van der Waals surface area contributed by atoms with Crippen molar-refractivity contribution in [3.63, 3.8) is 0 Å². The van der Waals surface area contributed by atoms with Crippen molar-refractivity contribution in [3.8, 4) is 0 Å². The lowest BCUT2D eigenvalue weighted by atomic mass is 9.70. The lowest BCUT2D eigenvalue weighted by molar-refractivity contribution is 0.0148. The van der Waals surface area contributed by atoms with Crippen LogP contribution in [0.4, 0.5) is 0 Å². The highest BCUT2D eigenvalue weighted by Gasteiger charge is 2.62. The van der Waals surface area contributed by atoms with Gasteiger partial charge in [0.05, 0.1) is 6.10 Å². The van der Waals surface area contributed by atoms with Crippen LogP contribution < -0.4 is 0 Å². The molecule has 2 aliphatic carbocycles. The SMILES string of the molecule is C[C@@]1(CBr)[C@@H]2CC[C@]1(C)[C@@H](O)C2. The van der Waals surface area contributed by atoms with E-state index >= 15 is 0 Å². The molecule has 2 fully saturated rings. The summed E-state index contributed by atoms with van der Waals surface area (Å²) in [5.41, 5.74) is 0.521. The first-order chi connectivity index (χ1) is 5.54. The van der Waals surface area contributed by atoms with Crippen molar-refractivity contribution < 1.29 is 5.11 Å². The fraction of sp³-hybridized carbons (Fsp3) is 1.00. The number of aliphatic hydroxyl groups is 1. The summed E-state index contributed by atoms with van der Waals surface area (Å²) in [6.07, 6.45) is 3.49. The quantitative estimate of drug-likeness (QED) is 0.690. The van der Waals surface area contributed by atoms with E-state index in [0.29, 0.717) is 5.41 Å². The van der Waals surface area contributed by atoms with E-state index in [1.165, 1.54) is 12.8 Å². The molecule has 2 saturated carbocycles. The second kappa shape index (κ2) is 2.48. The average molecular weight is 233 g/mol. The van der Waals surface area contributed by atoms with Crippen LogP contribution in [0, 0.1) is 16.7 Å². The van der Waals surface area contributed by atoms with Crippen molar-refractivity contribution in [2.24, 2.45) is 16.7 Å². The third kappa shape index (κ3) is 0.784. The number of halogens is 1. The van der Waals surface area contributed by atoms with Gasteiger partial charge >= 0.3 is 0 Å². The summed E-state index contributed by atoms with van der Waals surface area (Å²) in [5.74, 6) is 0.747. The van der Waals surface area contributed by atoms with Gasteiger partial charge in [-0.05, 0) is 36.0 Å². The molecule has 2 rings (SSSR count). The van der Waals surface area contributed by atoms with Crippen molar-refractivity contribution >= 4 is 15.9 Å². The number of rotatable bonds is 1. The van der Waals surface area contributed by atoms with Crippen LogP contribution in [0.15, 0.2) is 0 Å². The molecule has 1 nitrogen and oxygen atoms in total. The number of aliphatic hydroxyl groups excluding tert-OH is 1. The largest absolute Gasteiger partial charge is 0.393 e. The summed E-state index contributed by atoms with van der Waals surface area (Å²) in [4.78, 5) is 0. The molecule has 4 atom stereocenters. The Morgan fingerprint density at radius 3 is 2.42 bits per heavy atom. The molecule has 0 aromatic rings. The monoisotopic (exact) mass is 232 g/mol. The second-order valence-corrected chi connectivity index (χ2v) is 5.52. The zero-order valence-corrected chi connectivity index (χ0v) is 9.39. The van der Waals surface area contributed by atoms with E-state index in [4.69, 9.17) is 0 Å². The fourth-order valence-electron chi connectivity index (χ4n) is 3.26. The van der Waals surface area contributed by atoms with Crippen LogP contribution in [-0.4, -0.2) is 16.5 Å². The Balaban J connectivity index is 2.38. The highest BCUT2D eigenvalue weighted by Crippen LogP contribution is 2.66. The van der Waals surface area contributed by atoms with Crippen molar-refractivity contribution in [1.82, 2.24) is 0 Å². The molecule has 0 unspecified atom stereocenters. The van der Waals surface area contributed by atoms with Gasteiger partial charge in [-0.15, -0.1) is 0 Å². The average Bonchev–Trinajstić information content (AvgIpc) is 2.39. The normalized spacial score (nSPS) is 58.0. The summed E-state index contributed by atoms with van der Waals surface area (Å²) in [6.45, 7) is 4.58. The third-order valence-corrected chi connectivity index (χ3v) is 5.90. The van der Waals surface area contributed by atoms with Crippen molar-refractivity contribution in [3.05, 3.63) is 0 Å². The molecule has 0 heterocycles. The molecule has 2 heteroatoms. The van der Waals surface area contributed by atoms with E-state index in [2.05, 4.69) is 29.8 Å². The molecule has 0 aromatic carbocycles. The van der Waals surface area contributed by atoms with Crippen molar-refractivity contribution in [1.29, 1.82) is 0 Å². The van der Waals surface area contributed by atoms with Gasteiger partial charge in [0.1, 0.15) is 0 Å². The topological polar surface area (TPSA) is 20.2 Å². The first kappa shape index (κ1) is 9.01. The first-order valence-electron chi connectivity index (χ1n) is 4.78. The Hall–Kier alpha value is 0.440. The van der Waals surface area contributed by atoms with Gasteiger partial charge in [-0.2, -0.15) is 0 Å². The highest BCUT2D eigenvalue weighted by atomic mass is 79.9. The van der Waals surface area contributed by atoms with Gasteiger partial charge in [0.15, 0.2) is 0 Å². The van der Waals surface area contributed by atoms with Crippen LogP contribution >= 0.6 is 15.9 Å². The van der Waals surface area contributed by atoms with Gasteiger partial charge in [0.25, 0.3) is 0 Å². The van der Waals surface area contributed by atoms with Gasteiger partial charge in [0.2, 0.25) is 0 Å². The predicted octanol–water partition coefficient (Wildman–Crippen LogP) is 2.57. The van der Waals surface area contributed by atoms with Crippen molar-refractivity contribution in [2.75, 3.05) is 5.33 Å². The van der Waals surface area contributed by atoms with Crippen LogP contribution in [0.1, 0.15) is 33.1 Å². The van der Waals surface area contributed by atoms with Gasteiger partial charge in [-0.1, -0.05) is 29.8 Å². The van der Waals surface area contributed by atoms with Crippen LogP contribution in [0.5, 0.6) is 0 Å². The zero-order chi connectivity index (χ0) is 8.98. The molecule has 0 amide bonds. The Kier molecular flexibility index (Phi) is 1.86. The van der Waals surface area contributed by atoms with Gasteiger partial charge in [0, 0.05) is 5.33 Å². The molecule has 1 N–H and O–H groups in total. The van der Waals surface area contributed by atoms with Crippen LogP contribution in [0.2, 0.25) is 0 Å². The molecule has 0 radical (unpaired) electrons.